The Bertz CT molecular complexity index is 512. The van der Waals surface area contributed by atoms with Gasteiger partial charge in [0.25, 0.3) is 0 Å². The molecule has 2 N–H and O–H groups in total. The molecule has 0 fully saturated rings. The average Bonchev–Trinajstić information content (AvgIpc) is 2.52. The monoisotopic (exact) mass is 320 g/mol. The molecule has 0 saturated carbocycles. The Labute approximate surface area is 138 Å². The molecule has 1 amide bonds. The summed E-state index contributed by atoms with van der Waals surface area (Å²) in [4.78, 5) is 24.4. The highest BCUT2D eigenvalue weighted by Crippen LogP contribution is 2.12. The van der Waals surface area contributed by atoms with E-state index in [1.165, 1.54) is 7.11 Å². The Hall–Kier alpha value is -1.88. The van der Waals surface area contributed by atoms with Crippen molar-refractivity contribution in [1.29, 1.82) is 0 Å². The molecule has 0 radical (unpaired) electrons. The lowest BCUT2D eigenvalue weighted by Crippen LogP contribution is -2.51. The second-order valence-corrected chi connectivity index (χ2v) is 6.11. The minimum absolute atomic E-state index is 0.0361. The maximum Gasteiger partial charge on any atom is 0.323 e. The molecule has 0 aliphatic carbocycles. The van der Waals surface area contributed by atoms with E-state index in [0.717, 1.165) is 17.7 Å². The van der Waals surface area contributed by atoms with Crippen LogP contribution in [-0.2, 0) is 14.3 Å². The van der Waals surface area contributed by atoms with Crippen molar-refractivity contribution in [3.05, 3.63) is 29.8 Å². The minimum atomic E-state index is -0.500. The number of hydrogen-bond donors (Lipinski definition) is 2. The molecule has 1 aromatic carbocycles. The van der Waals surface area contributed by atoms with E-state index in [2.05, 4.69) is 10.6 Å². The van der Waals surface area contributed by atoms with E-state index in [9.17, 15) is 9.59 Å². The molecule has 0 unspecified atom stereocenters. The van der Waals surface area contributed by atoms with E-state index in [-0.39, 0.29) is 17.8 Å². The maximum atomic E-state index is 12.5. The number of hydrogen-bond acceptors (Lipinski definition) is 4. The molecule has 5 heteroatoms. The summed E-state index contributed by atoms with van der Waals surface area (Å²) in [5.41, 5.74) is 1.89. The van der Waals surface area contributed by atoms with Gasteiger partial charge in [-0.25, -0.2) is 0 Å². The van der Waals surface area contributed by atoms with Gasteiger partial charge in [0, 0.05) is 5.69 Å². The number of benzene rings is 1. The number of amides is 1. The Kier molecular flexibility index (Phi) is 7.75. The van der Waals surface area contributed by atoms with E-state index in [4.69, 9.17) is 4.74 Å². The molecule has 0 heterocycles. The number of rotatable bonds is 8. The van der Waals surface area contributed by atoms with Gasteiger partial charge in [-0.3, -0.25) is 14.9 Å². The lowest BCUT2D eigenvalue weighted by molar-refractivity contribution is -0.144. The summed E-state index contributed by atoms with van der Waals surface area (Å²) in [6, 6.07) is 6.70. The molecule has 0 bridgehead atoms. The summed E-state index contributed by atoms with van der Waals surface area (Å²) in [5.74, 6) is -0.441. The minimum Gasteiger partial charge on any atom is -0.468 e. The standard InChI is InChI=1S/C18H28N2O3/c1-6-7-15(20-16(12(2)3)18(22)23-5)17(21)19-14-10-8-13(4)9-11-14/h8-12,15-16,20H,6-7H2,1-5H3,(H,19,21)/t15-,16+/m1/s1. The van der Waals surface area contributed by atoms with Gasteiger partial charge in [0.2, 0.25) is 5.91 Å². The third-order valence-corrected chi connectivity index (χ3v) is 3.72. The number of ether oxygens (including phenoxy) is 1. The van der Waals surface area contributed by atoms with E-state index >= 15 is 0 Å². The zero-order valence-corrected chi connectivity index (χ0v) is 14.7. The summed E-state index contributed by atoms with van der Waals surface area (Å²) in [7, 11) is 1.36. The number of methoxy groups -OCH3 is 1. The first-order chi connectivity index (χ1) is 10.9. The van der Waals surface area contributed by atoms with Crippen LogP contribution < -0.4 is 10.6 Å². The first-order valence-corrected chi connectivity index (χ1v) is 8.10. The summed E-state index contributed by atoms with van der Waals surface area (Å²) in [6.07, 6.45) is 1.49. The van der Waals surface area contributed by atoms with Crippen molar-refractivity contribution in [2.24, 2.45) is 5.92 Å². The fraction of sp³-hybridized carbons (Fsp3) is 0.556. The molecule has 128 valence electrons. The largest absolute Gasteiger partial charge is 0.468 e. The van der Waals surface area contributed by atoms with Gasteiger partial charge < -0.3 is 10.1 Å². The quantitative estimate of drug-likeness (QED) is 0.723. The van der Waals surface area contributed by atoms with Crippen molar-refractivity contribution in [2.75, 3.05) is 12.4 Å². The predicted octanol–water partition coefficient (Wildman–Crippen LogP) is 2.89. The van der Waals surface area contributed by atoms with Crippen LogP contribution in [0, 0.1) is 12.8 Å². The Morgan fingerprint density at radius 1 is 1.17 bits per heavy atom. The highest BCUT2D eigenvalue weighted by Gasteiger charge is 2.28. The normalized spacial score (nSPS) is 13.5. The summed E-state index contributed by atoms with van der Waals surface area (Å²) < 4.78 is 4.83. The highest BCUT2D eigenvalue weighted by atomic mass is 16.5. The summed E-state index contributed by atoms with van der Waals surface area (Å²) >= 11 is 0. The molecule has 0 aromatic heterocycles. The van der Waals surface area contributed by atoms with Gasteiger partial charge in [-0.05, 0) is 31.4 Å². The van der Waals surface area contributed by atoms with Crippen LogP contribution in [-0.4, -0.2) is 31.1 Å². The molecule has 5 nitrogen and oxygen atoms in total. The van der Waals surface area contributed by atoms with Gasteiger partial charge in [0.1, 0.15) is 6.04 Å². The molecule has 23 heavy (non-hydrogen) atoms. The van der Waals surface area contributed by atoms with Crippen molar-refractivity contribution in [1.82, 2.24) is 5.32 Å². The number of anilines is 1. The number of aryl methyl sites for hydroxylation is 1. The van der Waals surface area contributed by atoms with Crippen LogP contribution in [0.2, 0.25) is 0 Å². The zero-order chi connectivity index (χ0) is 17.4. The van der Waals surface area contributed by atoms with Gasteiger partial charge in [-0.15, -0.1) is 0 Å². The van der Waals surface area contributed by atoms with E-state index < -0.39 is 12.1 Å². The molecule has 0 aliphatic heterocycles. The second-order valence-electron chi connectivity index (χ2n) is 6.11. The fourth-order valence-corrected chi connectivity index (χ4v) is 2.32. The number of carbonyl (C=O) groups excluding carboxylic acids is 2. The van der Waals surface area contributed by atoms with Crippen LogP contribution in [0.15, 0.2) is 24.3 Å². The molecule has 1 aromatic rings. The second kappa shape index (κ2) is 9.30. The average molecular weight is 320 g/mol. The lowest BCUT2D eigenvalue weighted by Gasteiger charge is -2.26. The van der Waals surface area contributed by atoms with E-state index in [0.29, 0.717) is 6.42 Å². The van der Waals surface area contributed by atoms with Crippen molar-refractivity contribution < 1.29 is 14.3 Å². The third-order valence-electron chi connectivity index (χ3n) is 3.72. The molecule has 0 aliphatic rings. The van der Waals surface area contributed by atoms with Crippen LogP contribution in [0.1, 0.15) is 39.2 Å². The van der Waals surface area contributed by atoms with Crippen molar-refractivity contribution in [3.63, 3.8) is 0 Å². The number of nitrogens with one attached hydrogen (secondary N) is 2. The Morgan fingerprint density at radius 2 is 1.78 bits per heavy atom. The van der Waals surface area contributed by atoms with Gasteiger partial charge in [0.05, 0.1) is 13.2 Å². The molecular formula is C18H28N2O3. The smallest absolute Gasteiger partial charge is 0.323 e. The van der Waals surface area contributed by atoms with Crippen LogP contribution in [0.3, 0.4) is 0 Å². The SMILES string of the molecule is CCC[C@@H](N[C@H](C(=O)OC)C(C)C)C(=O)Nc1ccc(C)cc1. The van der Waals surface area contributed by atoms with Gasteiger partial charge in [-0.1, -0.05) is 44.9 Å². The van der Waals surface area contributed by atoms with Crippen molar-refractivity contribution in [3.8, 4) is 0 Å². The summed E-state index contributed by atoms with van der Waals surface area (Å²) in [5, 5.41) is 6.05. The van der Waals surface area contributed by atoms with Gasteiger partial charge in [-0.2, -0.15) is 0 Å². The number of esters is 1. The molecule has 2 atom stereocenters. The topological polar surface area (TPSA) is 67.4 Å². The van der Waals surface area contributed by atoms with Crippen molar-refractivity contribution in [2.45, 2.75) is 52.6 Å². The number of carbonyl (C=O) groups is 2. The van der Waals surface area contributed by atoms with Crippen molar-refractivity contribution >= 4 is 17.6 Å². The first kappa shape index (κ1) is 19.2. The molecular weight excluding hydrogens is 292 g/mol. The van der Waals surface area contributed by atoms with E-state index in [1.807, 2.05) is 52.0 Å². The third kappa shape index (κ3) is 6.02. The Morgan fingerprint density at radius 3 is 2.26 bits per heavy atom. The first-order valence-electron chi connectivity index (χ1n) is 8.10. The van der Waals surface area contributed by atoms with Gasteiger partial charge >= 0.3 is 5.97 Å². The summed E-state index contributed by atoms with van der Waals surface area (Å²) in [6.45, 7) is 7.86. The fourth-order valence-electron chi connectivity index (χ4n) is 2.32. The Balaban J connectivity index is 2.80. The zero-order valence-electron chi connectivity index (χ0n) is 14.7. The maximum absolute atomic E-state index is 12.5. The molecule has 0 spiro atoms. The van der Waals surface area contributed by atoms with Crippen LogP contribution in [0.5, 0.6) is 0 Å². The van der Waals surface area contributed by atoms with Gasteiger partial charge in [0.15, 0.2) is 0 Å². The molecule has 0 saturated heterocycles. The lowest BCUT2D eigenvalue weighted by atomic mass is 10.0. The van der Waals surface area contributed by atoms with Crippen LogP contribution in [0.25, 0.3) is 0 Å². The molecule has 1 rings (SSSR count). The van der Waals surface area contributed by atoms with Crippen LogP contribution >= 0.6 is 0 Å². The van der Waals surface area contributed by atoms with Crippen LogP contribution in [0.4, 0.5) is 5.69 Å². The predicted molar refractivity (Wildman–Crippen MR) is 92.3 cm³/mol. The van der Waals surface area contributed by atoms with E-state index in [1.54, 1.807) is 0 Å². The highest BCUT2D eigenvalue weighted by molar-refractivity contribution is 5.95.